The zero-order valence-corrected chi connectivity index (χ0v) is 44.1. The molecule has 13 heteroatoms. The van der Waals surface area contributed by atoms with Crippen LogP contribution in [0.4, 0.5) is 9.59 Å². The van der Waals surface area contributed by atoms with Crippen molar-refractivity contribution >= 4 is 23.8 Å². The van der Waals surface area contributed by atoms with E-state index in [1.54, 1.807) is 27.7 Å². The fourth-order valence-electron chi connectivity index (χ4n) is 4.17. The second-order valence-corrected chi connectivity index (χ2v) is 17.1. The van der Waals surface area contributed by atoms with E-state index in [9.17, 15) is 24.3 Å². The summed E-state index contributed by atoms with van der Waals surface area (Å²) in [7, 11) is 3.42. The van der Waals surface area contributed by atoms with Crippen molar-refractivity contribution in [3.8, 4) is 0 Å². The maximum Gasteiger partial charge on any atom is 0.407 e. The molecule has 0 saturated carbocycles. The number of hydrogen-bond donors (Lipinski definition) is 5. The Balaban J connectivity index is -0.000000140. The van der Waals surface area contributed by atoms with Crippen LogP contribution < -0.4 is 22.1 Å². The lowest BCUT2D eigenvalue weighted by molar-refractivity contribution is -0.118. The molecule has 0 aromatic carbocycles. The Labute approximate surface area is 379 Å². The van der Waals surface area contributed by atoms with E-state index in [1.165, 1.54) is 71.8 Å². The second kappa shape index (κ2) is 52.0. The molecular weight excluding hydrogens is 773 g/mol. The number of amides is 2. The van der Waals surface area contributed by atoms with Gasteiger partial charge < -0.3 is 41.6 Å². The first kappa shape index (κ1) is 73.1. The summed E-state index contributed by atoms with van der Waals surface area (Å²) in [5, 5.41) is 15.7. The summed E-state index contributed by atoms with van der Waals surface area (Å²) in [5.74, 6) is 1.14. The number of Topliss-reactive ketones (excluding diaryl/α,β-unsaturated/α-hetero) is 2. The van der Waals surface area contributed by atoms with Gasteiger partial charge in [-0.05, 0) is 95.2 Å². The summed E-state index contributed by atoms with van der Waals surface area (Å²) < 4.78 is 10.1. The van der Waals surface area contributed by atoms with Gasteiger partial charge in [0.25, 0.3) is 0 Å². The lowest BCUT2D eigenvalue weighted by Crippen LogP contribution is -2.43. The quantitative estimate of drug-likeness (QED) is 0.0485. The van der Waals surface area contributed by atoms with Gasteiger partial charge in [-0.15, -0.1) is 0 Å². The van der Waals surface area contributed by atoms with Gasteiger partial charge in [-0.2, -0.15) is 0 Å². The van der Waals surface area contributed by atoms with Crippen molar-refractivity contribution in [1.29, 1.82) is 0 Å². The summed E-state index contributed by atoms with van der Waals surface area (Å²) in [6.45, 7) is 38.7. The second-order valence-electron chi connectivity index (χ2n) is 17.1. The molecule has 0 rings (SSSR count). The third-order valence-electron chi connectivity index (χ3n) is 8.14. The highest BCUT2D eigenvalue weighted by atomic mass is 16.6. The number of ketones is 2. The number of carbonyl (C=O) groups excluding carboxylic acids is 4. The average molecular weight is 881 g/mol. The number of unbranched alkanes of at least 4 members (excludes halogenated alkanes) is 4. The van der Waals surface area contributed by atoms with E-state index >= 15 is 0 Å². The first-order valence-electron chi connectivity index (χ1n) is 23.7. The summed E-state index contributed by atoms with van der Waals surface area (Å²) >= 11 is 0. The number of nitrogens with zero attached hydrogens (tertiary/aromatic N) is 2. The molecule has 0 saturated heterocycles. The molecular formula is C48H108N6O7. The van der Waals surface area contributed by atoms with Crippen LogP contribution in [0.5, 0.6) is 0 Å². The summed E-state index contributed by atoms with van der Waals surface area (Å²) in [4.78, 5) is 48.8. The molecule has 0 aromatic heterocycles. The normalized spacial score (nSPS) is 11.4. The van der Waals surface area contributed by atoms with Crippen LogP contribution in [0.25, 0.3) is 0 Å². The number of likely N-dealkylation sites (N-methyl/N-ethyl adjacent to an activating group) is 1. The molecule has 0 aliphatic heterocycles. The molecule has 0 fully saturated rings. The number of aliphatic hydroxyl groups is 1. The fraction of sp³-hybridized carbons (Fsp3) is 0.917. The van der Waals surface area contributed by atoms with Crippen LogP contribution in [0.1, 0.15) is 208 Å². The van der Waals surface area contributed by atoms with Crippen molar-refractivity contribution in [2.75, 3.05) is 53.4 Å². The van der Waals surface area contributed by atoms with Gasteiger partial charge in [0.05, 0.1) is 0 Å². The van der Waals surface area contributed by atoms with E-state index in [1.807, 2.05) is 58.4 Å². The highest BCUT2D eigenvalue weighted by molar-refractivity contribution is 5.75. The van der Waals surface area contributed by atoms with Crippen molar-refractivity contribution in [2.24, 2.45) is 17.4 Å². The minimum Gasteiger partial charge on any atom is -0.444 e. The van der Waals surface area contributed by atoms with Crippen LogP contribution in [0, 0.1) is 5.92 Å². The van der Waals surface area contributed by atoms with Gasteiger partial charge in [0.2, 0.25) is 0 Å². The van der Waals surface area contributed by atoms with E-state index in [0.717, 1.165) is 12.3 Å². The predicted octanol–water partition coefficient (Wildman–Crippen LogP) is 10.5. The summed E-state index contributed by atoms with van der Waals surface area (Å²) in [5.41, 5.74) is 9.07. The highest BCUT2D eigenvalue weighted by Crippen LogP contribution is 2.08. The van der Waals surface area contributed by atoms with Gasteiger partial charge in [0, 0.05) is 64.6 Å². The molecule has 0 radical (unpaired) electrons. The topological polar surface area (TPSA) is 190 Å². The van der Waals surface area contributed by atoms with E-state index in [0.29, 0.717) is 58.0 Å². The Morgan fingerprint density at radius 2 is 1.03 bits per heavy atom. The van der Waals surface area contributed by atoms with Gasteiger partial charge >= 0.3 is 12.2 Å². The van der Waals surface area contributed by atoms with Crippen LogP contribution in [0.15, 0.2) is 0 Å². The fourth-order valence-corrected chi connectivity index (χ4v) is 4.17. The first-order chi connectivity index (χ1) is 28.3. The molecule has 372 valence electrons. The predicted molar refractivity (Wildman–Crippen MR) is 263 cm³/mol. The van der Waals surface area contributed by atoms with Crippen LogP contribution in [0.2, 0.25) is 0 Å². The maximum atomic E-state index is 11.7. The Bertz CT molecular complexity index is 935. The molecule has 0 aliphatic carbocycles. The standard InChI is InChI=1S/C19H37N3O5.C8H17NO2.C7H17N.C6H14.C5H12.C2H6.CH5N/c1-15(23)8-11-21(6)13-14-22(12-9-16(2)24)17(25)7-10-20-18(26)27-19(3,4)5;1-5-6-9-7(10)11-8(2,3)4;1-3-4-5-6-7(2)8;1-4-6(3)5-2;1-3-5-4-2;2*1-2/h17,25H,7-14H2,1-6H3,(H,20,26);5-6H2,1-4H3,(H,9,10);7H,3-6,8H2,1-2H3;6H,4-5H2,1-3H3;3-5H2,1-2H3;1-2H3;2H2,1H3. The Hall–Kier alpha value is -2.32. The summed E-state index contributed by atoms with van der Waals surface area (Å²) in [6, 6.07) is 0.404. The molecule has 13 nitrogen and oxygen atoms in total. The number of nitrogens with two attached hydrogens (primary N) is 2. The third-order valence-corrected chi connectivity index (χ3v) is 8.14. The van der Waals surface area contributed by atoms with Crippen molar-refractivity contribution in [3.05, 3.63) is 0 Å². The number of rotatable bonds is 23. The SMILES string of the molecule is CC.CC(=O)CCN(C)CCN(CCC(C)=O)C(O)CCNC(=O)OC(C)(C)C.CCC(C)CC.CCCCC.CCCCCC(C)N.CCCNC(=O)OC(C)(C)C.CN. The average Bonchev–Trinajstić information content (AvgIpc) is 3.17. The van der Waals surface area contributed by atoms with E-state index in [4.69, 9.17) is 15.2 Å². The molecule has 2 unspecified atom stereocenters. The molecule has 0 spiro atoms. The molecule has 0 bridgehead atoms. The smallest absolute Gasteiger partial charge is 0.407 e. The number of hydrogen-bond acceptors (Lipinski definition) is 11. The van der Waals surface area contributed by atoms with E-state index in [2.05, 4.69) is 64.8 Å². The lowest BCUT2D eigenvalue weighted by atomic mass is 10.1. The minimum atomic E-state index is -0.777. The van der Waals surface area contributed by atoms with Gasteiger partial charge in [-0.25, -0.2) is 9.59 Å². The van der Waals surface area contributed by atoms with Crippen molar-refractivity contribution in [3.63, 3.8) is 0 Å². The molecule has 0 heterocycles. The van der Waals surface area contributed by atoms with Gasteiger partial charge in [0.15, 0.2) is 0 Å². The highest BCUT2D eigenvalue weighted by Gasteiger charge is 2.19. The van der Waals surface area contributed by atoms with E-state index < -0.39 is 23.5 Å². The summed E-state index contributed by atoms with van der Waals surface area (Å²) in [6.07, 6.45) is 12.3. The van der Waals surface area contributed by atoms with Crippen molar-refractivity contribution in [1.82, 2.24) is 20.4 Å². The van der Waals surface area contributed by atoms with Gasteiger partial charge in [-0.1, -0.05) is 114 Å². The molecule has 2 atom stereocenters. The van der Waals surface area contributed by atoms with Crippen LogP contribution in [-0.4, -0.2) is 115 Å². The molecule has 0 aliphatic rings. The largest absolute Gasteiger partial charge is 0.444 e. The van der Waals surface area contributed by atoms with Gasteiger partial charge in [0.1, 0.15) is 29.0 Å². The van der Waals surface area contributed by atoms with Gasteiger partial charge in [-0.3, -0.25) is 14.5 Å². The van der Waals surface area contributed by atoms with Crippen LogP contribution in [-0.2, 0) is 19.1 Å². The Morgan fingerprint density at radius 3 is 1.34 bits per heavy atom. The number of alkyl carbamates (subject to hydrolysis) is 2. The van der Waals surface area contributed by atoms with E-state index in [-0.39, 0.29) is 24.2 Å². The van der Waals surface area contributed by atoms with Crippen molar-refractivity contribution in [2.45, 2.75) is 232 Å². The number of aliphatic hydroxyl groups excluding tert-OH is 1. The van der Waals surface area contributed by atoms with Crippen molar-refractivity contribution < 1.29 is 33.8 Å². The van der Waals surface area contributed by atoms with Crippen LogP contribution in [0.3, 0.4) is 0 Å². The number of carbonyl (C=O) groups is 4. The van der Waals surface area contributed by atoms with Crippen LogP contribution >= 0.6 is 0 Å². The Kier molecular flexibility index (Phi) is 62.3. The zero-order valence-electron chi connectivity index (χ0n) is 44.1. The first-order valence-corrected chi connectivity index (χ1v) is 23.7. The molecule has 2 amide bonds. The Morgan fingerprint density at radius 1 is 0.623 bits per heavy atom. The maximum absolute atomic E-state index is 11.7. The molecule has 0 aromatic rings. The minimum absolute atomic E-state index is 0.0593. The number of ether oxygens (including phenoxy) is 2. The lowest BCUT2D eigenvalue weighted by Gasteiger charge is -2.29. The molecule has 7 N–H and O–H groups in total. The zero-order chi connectivity index (χ0) is 49.5. The number of nitrogens with one attached hydrogen (secondary N) is 2. The monoisotopic (exact) mass is 881 g/mol. The third kappa shape index (κ3) is 78.7. The molecule has 61 heavy (non-hydrogen) atoms.